The van der Waals surface area contributed by atoms with Crippen molar-refractivity contribution in [3.8, 4) is 0 Å². The van der Waals surface area contributed by atoms with Gasteiger partial charge in [0, 0.05) is 12.4 Å². The number of H-pyrrole nitrogens is 1. The van der Waals surface area contributed by atoms with Crippen molar-refractivity contribution in [3.63, 3.8) is 0 Å². The van der Waals surface area contributed by atoms with Gasteiger partial charge in [-0.25, -0.2) is 4.98 Å². The predicted octanol–water partition coefficient (Wildman–Crippen LogP) is 1.24. The molecule has 0 atom stereocenters. The highest BCUT2D eigenvalue weighted by molar-refractivity contribution is 6.04. The molecule has 0 saturated heterocycles. The minimum Gasteiger partial charge on any atom is -0.384 e. The van der Waals surface area contributed by atoms with Crippen molar-refractivity contribution in [2.24, 2.45) is 0 Å². The molecule has 5 nitrogen and oxygen atoms in total. The largest absolute Gasteiger partial charge is 0.384 e. The fourth-order valence-electron chi connectivity index (χ4n) is 1.15. The number of carbonyl (C=O) groups is 1. The van der Waals surface area contributed by atoms with Crippen LogP contribution in [0.4, 0.5) is 11.5 Å². The summed E-state index contributed by atoms with van der Waals surface area (Å²) in [6.07, 6.45) is 4.83. The summed E-state index contributed by atoms with van der Waals surface area (Å²) in [7, 11) is 0. The Morgan fingerprint density at radius 3 is 2.87 bits per heavy atom. The highest BCUT2D eigenvalue weighted by Gasteiger charge is 2.05. The zero-order chi connectivity index (χ0) is 10.7. The molecule has 0 aromatic carbocycles. The van der Waals surface area contributed by atoms with Crippen LogP contribution in [-0.2, 0) is 0 Å². The summed E-state index contributed by atoms with van der Waals surface area (Å²) >= 11 is 0. The molecule has 0 radical (unpaired) electrons. The molecule has 2 rings (SSSR count). The molecular weight excluding hydrogens is 192 g/mol. The van der Waals surface area contributed by atoms with Crippen LogP contribution in [0.5, 0.6) is 0 Å². The van der Waals surface area contributed by atoms with Gasteiger partial charge in [0.25, 0.3) is 5.91 Å². The molecule has 76 valence electrons. The molecular formula is C10H10N4O. The number of carbonyl (C=O) groups excluding carboxylic acids is 1. The molecule has 15 heavy (non-hydrogen) atoms. The van der Waals surface area contributed by atoms with Gasteiger partial charge in [0.1, 0.15) is 5.82 Å². The Morgan fingerprint density at radius 1 is 1.40 bits per heavy atom. The van der Waals surface area contributed by atoms with Crippen molar-refractivity contribution in [1.82, 2.24) is 9.97 Å². The van der Waals surface area contributed by atoms with Gasteiger partial charge in [-0.3, -0.25) is 4.79 Å². The van der Waals surface area contributed by atoms with Crippen molar-refractivity contribution < 1.29 is 4.79 Å². The monoisotopic (exact) mass is 202 g/mol. The number of nitrogens with two attached hydrogens (primary N) is 1. The molecule has 2 aromatic rings. The third-order valence-electron chi connectivity index (χ3n) is 1.90. The van der Waals surface area contributed by atoms with Gasteiger partial charge in [0.2, 0.25) is 0 Å². The number of pyridine rings is 1. The number of nitrogens with one attached hydrogen (secondary N) is 2. The Kier molecular flexibility index (Phi) is 2.37. The lowest BCUT2D eigenvalue weighted by atomic mass is 10.3. The molecule has 4 N–H and O–H groups in total. The summed E-state index contributed by atoms with van der Waals surface area (Å²) in [5.74, 6) is 0.248. The van der Waals surface area contributed by atoms with Crippen LogP contribution in [-0.4, -0.2) is 15.9 Å². The van der Waals surface area contributed by atoms with Gasteiger partial charge in [-0.05, 0) is 18.2 Å². The van der Waals surface area contributed by atoms with Gasteiger partial charge in [0.15, 0.2) is 0 Å². The summed E-state index contributed by atoms with van der Waals surface area (Å²) in [5.41, 5.74) is 6.62. The van der Waals surface area contributed by atoms with Crippen LogP contribution in [0.2, 0.25) is 0 Å². The Labute approximate surface area is 86.3 Å². The number of amides is 1. The maximum atomic E-state index is 11.6. The standard InChI is InChI=1S/C10H10N4O/c11-9-2-1-8(6-13-9)14-10(15)7-3-4-12-5-7/h1-6,12H,(H2,11,13)(H,14,15). The molecule has 0 saturated carbocycles. The van der Waals surface area contributed by atoms with E-state index in [0.717, 1.165) is 0 Å². The number of hydrogen-bond acceptors (Lipinski definition) is 3. The van der Waals surface area contributed by atoms with Gasteiger partial charge in [-0.15, -0.1) is 0 Å². The Hall–Kier alpha value is -2.30. The van der Waals surface area contributed by atoms with Crippen molar-refractivity contribution in [1.29, 1.82) is 0 Å². The number of nitrogen functional groups attached to an aromatic ring is 1. The summed E-state index contributed by atoms with van der Waals surface area (Å²) in [6, 6.07) is 5.03. The van der Waals surface area contributed by atoms with Crippen molar-refractivity contribution in [3.05, 3.63) is 42.4 Å². The van der Waals surface area contributed by atoms with Crippen molar-refractivity contribution in [2.45, 2.75) is 0 Å². The molecule has 0 aliphatic rings. The molecule has 5 heteroatoms. The second-order valence-corrected chi connectivity index (χ2v) is 3.03. The lowest BCUT2D eigenvalue weighted by Gasteiger charge is -2.02. The molecule has 0 bridgehead atoms. The van der Waals surface area contributed by atoms with Crippen LogP contribution in [0.1, 0.15) is 10.4 Å². The van der Waals surface area contributed by atoms with Crippen LogP contribution in [0.3, 0.4) is 0 Å². The van der Waals surface area contributed by atoms with E-state index in [2.05, 4.69) is 15.3 Å². The van der Waals surface area contributed by atoms with E-state index < -0.39 is 0 Å². The van der Waals surface area contributed by atoms with Gasteiger partial charge in [-0.2, -0.15) is 0 Å². The maximum absolute atomic E-state index is 11.6. The average molecular weight is 202 g/mol. The van der Waals surface area contributed by atoms with Crippen LogP contribution in [0.25, 0.3) is 0 Å². The van der Waals surface area contributed by atoms with Crippen LogP contribution in [0.15, 0.2) is 36.8 Å². The molecule has 0 spiro atoms. The zero-order valence-corrected chi connectivity index (χ0v) is 7.90. The minimum atomic E-state index is -0.178. The van der Waals surface area contributed by atoms with E-state index in [1.165, 1.54) is 6.20 Å². The number of rotatable bonds is 2. The lowest BCUT2D eigenvalue weighted by Crippen LogP contribution is -2.11. The van der Waals surface area contributed by atoms with Crippen molar-refractivity contribution >= 4 is 17.4 Å². The minimum absolute atomic E-state index is 0.178. The fraction of sp³-hybridized carbons (Fsp3) is 0. The fourth-order valence-corrected chi connectivity index (χ4v) is 1.15. The quantitative estimate of drug-likeness (QED) is 0.685. The number of anilines is 2. The second kappa shape index (κ2) is 3.83. The first-order chi connectivity index (χ1) is 7.25. The summed E-state index contributed by atoms with van der Waals surface area (Å²) in [6.45, 7) is 0. The number of nitrogens with zero attached hydrogens (tertiary/aromatic N) is 1. The van der Waals surface area contributed by atoms with E-state index in [1.807, 2.05) is 0 Å². The van der Waals surface area contributed by atoms with E-state index in [1.54, 1.807) is 30.6 Å². The highest BCUT2D eigenvalue weighted by Crippen LogP contribution is 2.08. The molecule has 0 aliphatic carbocycles. The maximum Gasteiger partial charge on any atom is 0.257 e. The molecule has 2 heterocycles. The second-order valence-electron chi connectivity index (χ2n) is 3.03. The third-order valence-corrected chi connectivity index (χ3v) is 1.90. The van der Waals surface area contributed by atoms with E-state index in [0.29, 0.717) is 17.1 Å². The molecule has 1 amide bonds. The first-order valence-corrected chi connectivity index (χ1v) is 4.41. The molecule has 0 unspecified atom stereocenters. The topological polar surface area (TPSA) is 83.8 Å². The SMILES string of the molecule is Nc1ccc(NC(=O)c2cc[nH]c2)cn1. The smallest absolute Gasteiger partial charge is 0.257 e. The number of aromatic amines is 1. The van der Waals surface area contributed by atoms with Crippen LogP contribution < -0.4 is 11.1 Å². The van der Waals surface area contributed by atoms with Crippen LogP contribution >= 0.6 is 0 Å². The van der Waals surface area contributed by atoms with Gasteiger partial charge < -0.3 is 16.0 Å². The van der Waals surface area contributed by atoms with Crippen LogP contribution in [0, 0.1) is 0 Å². The summed E-state index contributed by atoms with van der Waals surface area (Å²) < 4.78 is 0. The Bertz CT molecular complexity index is 447. The van der Waals surface area contributed by atoms with E-state index in [4.69, 9.17) is 5.73 Å². The summed E-state index contributed by atoms with van der Waals surface area (Å²) in [5, 5.41) is 2.69. The van der Waals surface area contributed by atoms with Gasteiger partial charge >= 0.3 is 0 Å². The zero-order valence-electron chi connectivity index (χ0n) is 7.90. The van der Waals surface area contributed by atoms with Crippen molar-refractivity contribution in [2.75, 3.05) is 11.1 Å². The van der Waals surface area contributed by atoms with E-state index in [-0.39, 0.29) is 5.91 Å². The van der Waals surface area contributed by atoms with E-state index >= 15 is 0 Å². The van der Waals surface area contributed by atoms with Gasteiger partial charge in [0.05, 0.1) is 17.4 Å². The average Bonchev–Trinajstić information content (AvgIpc) is 2.74. The summed E-state index contributed by atoms with van der Waals surface area (Å²) in [4.78, 5) is 18.2. The highest BCUT2D eigenvalue weighted by atomic mass is 16.1. The predicted molar refractivity (Wildman–Crippen MR) is 57.4 cm³/mol. The molecule has 0 aliphatic heterocycles. The first kappa shape index (κ1) is 9.26. The Morgan fingerprint density at radius 2 is 2.27 bits per heavy atom. The normalized spacial score (nSPS) is 9.87. The number of aromatic nitrogens is 2. The van der Waals surface area contributed by atoms with Gasteiger partial charge in [-0.1, -0.05) is 0 Å². The molecule has 0 fully saturated rings. The molecule has 2 aromatic heterocycles. The third kappa shape index (κ3) is 2.14. The lowest BCUT2D eigenvalue weighted by molar-refractivity contribution is 0.102. The first-order valence-electron chi connectivity index (χ1n) is 4.41. The Balaban J connectivity index is 2.09. The van der Waals surface area contributed by atoms with E-state index in [9.17, 15) is 4.79 Å². The number of hydrogen-bond donors (Lipinski definition) is 3.